The van der Waals surface area contributed by atoms with Gasteiger partial charge in [-0.3, -0.25) is 4.99 Å². The number of hydrogen-bond donors (Lipinski definition) is 3. The monoisotopic (exact) mass is 262 g/mol. The fraction of sp³-hybridized carbons (Fsp3) is 0.900. The smallest absolute Gasteiger partial charge is 0.208 e. The van der Waals surface area contributed by atoms with Crippen molar-refractivity contribution in [3.63, 3.8) is 0 Å². The molecule has 6 nitrogen and oxygen atoms in total. The first-order valence-corrected chi connectivity index (χ1v) is 7.73. The lowest BCUT2D eigenvalue weighted by molar-refractivity contribution is 0.584. The summed E-state index contributed by atoms with van der Waals surface area (Å²) in [5.41, 5.74) is 0. The Hall–Kier alpha value is -0.820. The zero-order valence-corrected chi connectivity index (χ0v) is 11.5. The summed E-state index contributed by atoms with van der Waals surface area (Å²) in [5, 5.41) is 6.45. The molecule has 7 heteroatoms. The lowest BCUT2D eigenvalue weighted by Crippen LogP contribution is -2.40. The number of nitrogens with zero attached hydrogens (tertiary/aromatic N) is 1. The molecule has 17 heavy (non-hydrogen) atoms. The highest BCUT2D eigenvalue weighted by Gasteiger charge is 2.32. The minimum atomic E-state index is -3.07. The van der Waals surface area contributed by atoms with E-state index in [0.717, 1.165) is 24.6 Å². The van der Waals surface area contributed by atoms with Crippen LogP contribution in [0.4, 0.5) is 0 Å². The van der Waals surface area contributed by atoms with Gasteiger partial charge in [0.2, 0.25) is 10.0 Å². The summed E-state index contributed by atoms with van der Waals surface area (Å²) in [6.07, 6.45) is 3.08. The summed E-state index contributed by atoms with van der Waals surface area (Å²) < 4.78 is 24.1. The molecule has 1 aliphatic rings. The van der Waals surface area contributed by atoms with Crippen molar-refractivity contribution in [2.75, 3.05) is 26.4 Å². The van der Waals surface area contributed by atoms with E-state index in [1.807, 2.05) is 0 Å². The van der Waals surface area contributed by atoms with Crippen molar-refractivity contribution >= 4 is 16.0 Å². The van der Waals surface area contributed by atoms with Crippen LogP contribution in [-0.2, 0) is 10.0 Å². The van der Waals surface area contributed by atoms with E-state index in [1.54, 1.807) is 7.05 Å². The van der Waals surface area contributed by atoms with Crippen molar-refractivity contribution in [2.45, 2.75) is 25.8 Å². The first-order chi connectivity index (χ1) is 7.92. The molecule has 1 saturated carbocycles. The average molecular weight is 262 g/mol. The molecule has 0 aromatic heterocycles. The van der Waals surface area contributed by atoms with Crippen LogP contribution in [0.3, 0.4) is 0 Å². The third-order valence-corrected chi connectivity index (χ3v) is 3.39. The van der Waals surface area contributed by atoms with Gasteiger partial charge < -0.3 is 10.6 Å². The zero-order valence-electron chi connectivity index (χ0n) is 10.7. The van der Waals surface area contributed by atoms with Crippen molar-refractivity contribution in [1.82, 2.24) is 15.4 Å². The summed E-state index contributed by atoms with van der Waals surface area (Å²) in [6.45, 7) is 3.34. The van der Waals surface area contributed by atoms with Gasteiger partial charge in [-0.25, -0.2) is 13.1 Å². The van der Waals surface area contributed by atoms with Crippen LogP contribution in [-0.4, -0.2) is 46.8 Å². The van der Waals surface area contributed by atoms with Gasteiger partial charge >= 0.3 is 0 Å². The van der Waals surface area contributed by atoms with E-state index < -0.39 is 10.0 Å². The number of sulfonamides is 1. The van der Waals surface area contributed by atoms with Crippen molar-refractivity contribution in [1.29, 1.82) is 0 Å². The van der Waals surface area contributed by atoms with E-state index in [0.29, 0.717) is 19.1 Å². The number of guanidine groups is 1. The average Bonchev–Trinajstić information content (AvgIpc) is 2.90. The minimum Gasteiger partial charge on any atom is -0.356 e. The molecule has 0 heterocycles. The first kappa shape index (κ1) is 14.2. The molecule has 0 aromatic rings. The van der Waals surface area contributed by atoms with Gasteiger partial charge in [0.1, 0.15) is 0 Å². The Morgan fingerprint density at radius 1 is 1.41 bits per heavy atom. The number of rotatable bonds is 6. The van der Waals surface area contributed by atoms with Crippen LogP contribution < -0.4 is 15.4 Å². The summed E-state index contributed by atoms with van der Waals surface area (Å²) >= 11 is 0. The molecular weight excluding hydrogens is 240 g/mol. The van der Waals surface area contributed by atoms with Gasteiger partial charge in [-0.1, -0.05) is 6.92 Å². The highest BCUT2D eigenvalue weighted by molar-refractivity contribution is 7.88. The molecule has 0 spiro atoms. The quantitative estimate of drug-likeness (QED) is 0.342. The maximum absolute atomic E-state index is 10.8. The number of aliphatic imine (C=N–C) groups is 1. The molecule has 2 atom stereocenters. The Bertz CT molecular complexity index is 367. The number of hydrogen-bond acceptors (Lipinski definition) is 3. The molecule has 3 N–H and O–H groups in total. The molecule has 0 aromatic carbocycles. The van der Waals surface area contributed by atoms with Crippen molar-refractivity contribution in [3.05, 3.63) is 0 Å². The lowest BCUT2D eigenvalue weighted by atomic mass is 10.4. The van der Waals surface area contributed by atoms with Gasteiger partial charge in [-0.2, -0.15) is 0 Å². The highest BCUT2D eigenvalue weighted by Crippen LogP contribution is 2.28. The maximum Gasteiger partial charge on any atom is 0.208 e. The third kappa shape index (κ3) is 6.48. The molecule has 1 fully saturated rings. The first-order valence-electron chi connectivity index (χ1n) is 5.84. The summed E-state index contributed by atoms with van der Waals surface area (Å²) in [6, 6.07) is 0.537. The van der Waals surface area contributed by atoms with Crippen LogP contribution in [0.15, 0.2) is 4.99 Å². The van der Waals surface area contributed by atoms with E-state index in [9.17, 15) is 8.42 Å². The van der Waals surface area contributed by atoms with Crippen LogP contribution in [0, 0.1) is 5.92 Å². The largest absolute Gasteiger partial charge is 0.356 e. The maximum atomic E-state index is 10.8. The molecule has 0 bridgehead atoms. The lowest BCUT2D eigenvalue weighted by Gasteiger charge is -2.11. The Morgan fingerprint density at radius 3 is 2.53 bits per heavy atom. The van der Waals surface area contributed by atoms with Crippen LogP contribution in [0.2, 0.25) is 0 Å². The molecule has 0 aliphatic heterocycles. The Labute approximate surface area is 103 Å². The predicted octanol–water partition coefficient (Wildman–Crippen LogP) is -0.501. The molecule has 0 amide bonds. The fourth-order valence-electron chi connectivity index (χ4n) is 1.45. The fourth-order valence-corrected chi connectivity index (χ4v) is 1.96. The van der Waals surface area contributed by atoms with Gasteiger partial charge in [0.25, 0.3) is 0 Å². The Morgan fingerprint density at radius 2 is 2.06 bits per heavy atom. The van der Waals surface area contributed by atoms with E-state index in [1.165, 1.54) is 6.42 Å². The topological polar surface area (TPSA) is 82.6 Å². The summed E-state index contributed by atoms with van der Waals surface area (Å²) in [7, 11) is -1.34. The van der Waals surface area contributed by atoms with E-state index in [4.69, 9.17) is 0 Å². The molecule has 1 aliphatic carbocycles. The van der Waals surface area contributed by atoms with Crippen LogP contribution in [0.25, 0.3) is 0 Å². The molecule has 100 valence electrons. The highest BCUT2D eigenvalue weighted by atomic mass is 32.2. The van der Waals surface area contributed by atoms with E-state index >= 15 is 0 Å². The summed E-state index contributed by atoms with van der Waals surface area (Å²) in [5.74, 6) is 1.51. The van der Waals surface area contributed by atoms with Gasteiger partial charge in [0, 0.05) is 26.2 Å². The Kier molecular flexibility index (Phi) is 5.20. The molecule has 0 radical (unpaired) electrons. The second-order valence-corrected chi connectivity index (χ2v) is 6.32. The van der Waals surface area contributed by atoms with Crippen LogP contribution in [0.5, 0.6) is 0 Å². The second kappa shape index (κ2) is 6.20. The standard InChI is InChI=1S/C10H22N4O2S/c1-8-7-9(8)14-10(11-2)12-5-4-6-13-17(3,15)16/h8-9,13H,4-7H2,1-3H3,(H2,11,12,14). The normalized spacial score (nSPS) is 24.5. The van der Waals surface area contributed by atoms with Gasteiger partial charge in [-0.15, -0.1) is 0 Å². The van der Waals surface area contributed by atoms with Gasteiger partial charge in [-0.05, 0) is 18.8 Å². The van der Waals surface area contributed by atoms with E-state index in [2.05, 4.69) is 27.3 Å². The molecule has 0 saturated heterocycles. The molecule has 1 rings (SSSR count). The zero-order chi connectivity index (χ0) is 12.9. The number of nitrogens with one attached hydrogen (secondary N) is 3. The van der Waals surface area contributed by atoms with Crippen molar-refractivity contribution < 1.29 is 8.42 Å². The predicted molar refractivity (Wildman–Crippen MR) is 69.5 cm³/mol. The summed E-state index contributed by atoms with van der Waals surface area (Å²) in [4.78, 5) is 4.10. The van der Waals surface area contributed by atoms with Crippen LogP contribution >= 0.6 is 0 Å². The van der Waals surface area contributed by atoms with Gasteiger partial charge in [0.05, 0.1) is 6.26 Å². The third-order valence-electron chi connectivity index (χ3n) is 2.67. The minimum absolute atomic E-state index is 0.447. The SMILES string of the molecule is CN=C(NCCCNS(C)(=O)=O)NC1CC1C. The van der Waals surface area contributed by atoms with Crippen molar-refractivity contribution in [2.24, 2.45) is 10.9 Å². The van der Waals surface area contributed by atoms with E-state index in [-0.39, 0.29) is 0 Å². The van der Waals surface area contributed by atoms with Crippen molar-refractivity contribution in [3.8, 4) is 0 Å². The Balaban J connectivity index is 2.08. The van der Waals surface area contributed by atoms with Crippen LogP contribution in [0.1, 0.15) is 19.8 Å². The van der Waals surface area contributed by atoms with Gasteiger partial charge in [0.15, 0.2) is 5.96 Å². The molecule has 2 unspecified atom stereocenters. The molecular formula is C10H22N4O2S. The second-order valence-electron chi connectivity index (χ2n) is 4.48.